The first-order chi connectivity index (χ1) is 18.2. The maximum Gasteiger partial charge on any atom is 0.356 e. The number of morpholine rings is 1. The van der Waals surface area contributed by atoms with Gasteiger partial charge in [-0.25, -0.2) is 18.6 Å². The average Bonchev–Trinajstić information content (AvgIpc) is 3.14. The number of pyridine rings is 1. The minimum Gasteiger partial charge on any atom is -0.464 e. The minimum absolute atomic E-state index is 0.0128. The van der Waals surface area contributed by atoms with E-state index in [1.807, 2.05) is 26.0 Å². The van der Waals surface area contributed by atoms with E-state index in [0.717, 1.165) is 6.07 Å². The van der Waals surface area contributed by atoms with Crippen molar-refractivity contribution in [2.45, 2.75) is 32.1 Å². The van der Waals surface area contributed by atoms with Gasteiger partial charge in [0.05, 0.1) is 30.6 Å². The Morgan fingerprint density at radius 1 is 1.08 bits per heavy atom. The zero-order valence-corrected chi connectivity index (χ0v) is 21.2. The zero-order valence-electron chi connectivity index (χ0n) is 21.2. The second kappa shape index (κ2) is 10.1. The molecule has 0 saturated carbocycles. The van der Waals surface area contributed by atoms with E-state index in [-0.39, 0.29) is 60.6 Å². The summed E-state index contributed by atoms with van der Waals surface area (Å²) in [6.07, 6.45) is 4.67. The Morgan fingerprint density at radius 3 is 2.47 bits per heavy atom. The van der Waals surface area contributed by atoms with E-state index in [1.54, 1.807) is 4.90 Å². The molecule has 3 aliphatic rings. The number of nitrogens with one attached hydrogen (secondary N) is 1. The molecule has 1 aromatic heterocycles. The van der Waals surface area contributed by atoms with E-state index in [9.17, 15) is 18.8 Å². The predicted octanol–water partition coefficient (Wildman–Crippen LogP) is 3.03. The van der Waals surface area contributed by atoms with Crippen LogP contribution in [0, 0.1) is 23.5 Å². The van der Waals surface area contributed by atoms with Crippen LogP contribution in [-0.4, -0.2) is 72.7 Å². The standard InChI is InChI=1S/C27H28F2N4O5/c1-14-11-32(12-15(2)38-14)23-19(6-7-20(28)22(23)29)26(35)33-13-16-4-5-18(16)24(33)25(34)31-17-8-9-30-21(10-17)27(36)37-3/h4-10,14-16,18,24H,11-13H2,1-3H3,(H,30,31,34)/t14-,15+,16-,18-,24-/m0/s1. The van der Waals surface area contributed by atoms with E-state index in [1.165, 1.54) is 36.4 Å². The van der Waals surface area contributed by atoms with Crippen LogP contribution in [0.15, 0.2) is 42.6 Å². The Labute approximate surface area is 218 Å². The van der Waals surface area contributed by atoms with Crippen LogP contribution < -0.4 is 10.2 Å². The first-order valence-electron chi connectivity index (χ1n) is 12.4. The minimum atomic E-state index is -1.11. The topological polar surface area (TPSA) is 101 Å². The van der Waals surface area contributed by atoms with Crippen molar-refractivity contribution in [3.8, 4) is 0 Å². The molecule has 1 aliphatic carbocycles. The van der Waals surface area contributed by atoms with Crippen LogP contribution in [0.1, 0.15) is 34.7 Å². The Bertz CT molecular complexity index is 1310. The zero-order chi connectivity index (χ0) is 27.1. The highest BCUT2D eigenvalue weighted by Crippen LogP contribution is 2.41. The number of benzene rings is 1. The molecule has 2 amide bonds. The second-order valence-corrected chi connectivity index (χ2v) is 9.86. The van der Waals surface area contributed by atoms with Crippen molar-refractivity contribution in [1.82, 2.24) is 9.88 Å². The molecule has 2 aliphatic heterocycles. The quantitative estimate of drug-likeness (QED) is 0.472. The first kappa shape index (κ1) is 25.8. The summed E-state index contributed by atoms with van der Waals surface area (Å²) < 4.78 is 40.0. The van der Waals surface area contributed by atoms with Gasteiger partial charge in [0.25, 0.3) is 5.91 Å². The Kier molecular flexibility index (Phi) is 6.87. The molecule has 0 bridgehead atoms. The van der Waals surface area contributed by atoms with Gasteiger partial charge in [0.15, 0.2) is 11.6 Å². The Hall–Kier alpha value is -3.86. The number of aromatic nitrogens is 1. The molecular weight excluding hydrogens is 498 g/mol. The number of ether oxygens (including phenoxy) is 2. The van der Waals surface area contributed by atoms with Crippen LogP contribution in [0.3, 0.4) is 0 Å². The molecule has 5 atom stereocenters. The molecule has 5 rings (SSSR count). The number of halogens is 2. The van der Waals surface area contributed by atoms with Gasteiger partial charge in [-0.2, -0.15) is 0 Å². The van der Waals surface area contributed by atoms with Crippen molar-refractivity contribution >= 4 is 29.2 Å². The molecule has 0 spiro atoms. The smallest absolute Gasteiger partial charge is 0.356 e. The molecule has 3 heterocycles. The van der Waals surface area contributed by atoms with Crippen LogP contribution >= 0.6 is 0 Å². The van der Waals surface area contributed by atoms with Crippen LogP contribution in [0.2, 0.25) is 0 Å². The number of hydrogen-bond acceptors (Lipinski definition) is 7. The lowest BCUT2D eigenvalue weighted by atomic mass is 9.81. The number of esters is 1. The molecule has 0 unspecified atom stereocenters. The molecule has 1 N–H and O–H groups in total. The lowest BCUT2D eigenvalue weighted by Gasteiger charge is -2.38. The molecule has 0 radical (unpaired) electrons. The molecule has 2 aromatic rings. The summed E-state index contributed by atoms with van der Waals surface area (Å²) in [5.41, 5.74) is 0.197. The van der Waals surface area contributed by atoms with Gasteiger partial charge in [0.1, 0.15) is 11.7 Å². The molecule has 200 valence electrons. The van der Waals surface area contributed by atoms with Gasteiger partial charge in [0, 0.05) is 43.4 Å². The maximum absolute atomic E-state index is 15.2. The van der Waals surface area contributed by atoms with Crippen LogP contribution in [0.5, 0.6) is 0 Å². The number of carbonyl (C=O) groups excluding carboxylic acids is 3. The van der Waals surface area contributed by atoms with Crippen molar-refractivity contribution in [2.24, 2.45) is 11.8 Å². The van der Waals surface area contributed by atoms with Gasteiger partial charge in [0.2, 0.25) is 5.91 Å². The number of rotatable bonds is 5. The number of nitrogens with zero attached hydrogens (tertiary/aromatic N) is 3. The van der Waals surface area contributed by atoms with Gasteiger partial charge in [-0.15, -0.1) is 0 Å². The largest absolute Gasteiger partial charge is 0.464 e. The maximum atomic E-state index is 15.2. The summed E-state index contributed by atoms with van der Waals surface area (Å²) in [4.78, 5) is 46.2. The molecule has 2 saturated heterocycles. The monoisotopic (exact) mass is 526 g/mol. The van der Waals surface area contributed by atoms with Crippen molar-refractivity contribution in [1.29, 1.82) is 0 Å². The third-order valence-electron chi connectivity index (χ3n) is 7.17. The lowest BCUT2D eigenvalue weighted by Crippen LogP contribution is -2.48. The summed E-state index contributed by atoms with van der Waals surface area (Å²) in [5.74, 6) is -4.10. The molecular formula is C27H28F2N4O5. The van der Waals surface area contributed by atoms with Crippen molar-refractivity contribution < 1.29 is 32.6 Å². The number of methoxy groups -OCH3 is 1. The van der Waals surface area contributed by atoms with E-state index < -0.39 is 35.5 Å². The second-order valence-electron chi connectivity index (χ2n) is 9.86. The number of likely N-dealkylation sites (tertiary alicyclic amines) is 1. The highest BCUT2D eigenvalue weighted by Gasteiger charge is 2.49. The Morgan fingerprint density at radius 2 is 1.82 bits per heavy atom. The first-order valence-corrected chi connectivity index (χ1v) is 12.4. The fourth-order valence-corrected chi connectivity index (χ4v) is 5.47. The summed E-state index contributed by atoms with van der Waals surface area (Å²) in [6, 6.07) is 4.23. The third kappa shape index (κ3) is 4.62. The highest BCUT2D eigenvalue weighted by molar-refractivity contribution is 6.05. The van der Waals surface area contributed by atoms with Crippen LogP contribution in [0.25, 0.3) is 0 Å². The SMILES string of the molecule is COC(=O)c1cc(NC(=O)[C@@H]2[C@H]3C=C[C@H]3CN2C(=O)c2ccc(F)c(F)c2N2C[C@@H](C)O[C@@H](C)C2)ccn1. The average molecular weight is 527 g/mol. The predicted molar refractivity (Wildman–Crippen MR) is 134 cm³/mol. The molecule has 2 fully saturated rings. The summed E-state index contributed by atoms with van der Waals surface area (Å²) in [5, 5.41) is 2.76. The highest BCUT2D eigenvalue weighted by atomic mass is 19.2. The lowest BCUT2D eigenvalue weighted by molar-refractivity contribution is -0.120. The summed E-state index contributed by atoms with van der Waals surface area (Å²) >= 11 is 0. The van der Waals surface area contributed by atoms with Crippen LogP contribution in [-0.2, 0) is 14.3 Å². The molecule has 38 heavy (non-hydrogen) atoms. The van der Waals surface area contributed by atoms with E-state index in [0.29, 0.717) is 5.69 Å². The van der Waals surface area contributed by atoms with E-state index in [2.05, 4.69) is 15.0 Å². The third-order valence-corrected chi connectivity index (χ3v) is 7.17. The number of fused-ring (bicyclic) bond motifs is 1. The van der Waals surface area contributed by atoms with Gasteiger partial charge < -0.3 is 24.6 Å². The Balaban J connectivity index is 1.45. The van der Waals surface area contributed by atoms with Crippen LogP contribution in [0.4, 0.5) is 20.2 Å². The molecule has 11 heteroatoms. The molecule has 1 aromatic carbocycles. The van der Waals surface area contributed by atoms with Gasteiger partial charge >= 0.3 is 5.97 Å². The fraction of sp³-hybridized carbons (Fsp3) is 0.407. The van der Waals surface area contributed by atoms with E-state index in [4.69, 9.17) is 4.74 Å². The number of carbonyl (C=O) groups is 3. The normalized spacial score (nSPS) is 26.0. The number of anilines is 2. The van der Waals surface area contributed by atoms with Crippen molar-refractivity contribution in [3.05, 3.63) is 65.5 Å². The number of amides is 2. The summed E-state index contributed by atoms with van der Waals surface area (Å²) in [7, 11) is 1.23. The molecule has 9 nitrogen and oxygen atoms in total. The van der Waals surface area contributed by atoms with Gasteiger partial charge in [-0.05, 0) is 38.1 Å². The number of hydrogen-bond donors (Lipinski definition) is 1. The van der Waals surface area contributed by atoms with E-state index >= 15 is 4.39 Å². The van der Waals surface area contributed by atoms with Gasteiger partial charge in [-0.3, -0.25) is 9.59 Å². The summed E-state index contributed by atoms with van der Waals surface area (Å²) in [6.45, 7) is 4.49. The fourth-order valence-electron chi connectivity index (χ4n) is 5.47. The van der Waals surface area contributed by atoms with Crippen molar-refractivity contribution in [3.63, 3.8) is 0 Å². The van der Waals surface area contributed by atoms with Gasteiger partial charge in [-0.1, -0.05) is 12.2 Å². The van der Waals surface area contributed by atoms with Crippen molar-refractivity contribution in [2.75, 3.05) is 37.0 Å².